The summed E-state index contributed by atoms with van der Waals surface area (Å²) >= 11 is 0. The van der Waals surface area contributed by atoms with Crippen LogP contribution in [0.15, 0.2) is 48.5 Å². The summed E-state index contributed by atoms with van der Waals surface area (Å²) in [6.45, 7) is 5.64. The van der Waals surface area contributed by atoms with Crippen LogP contribution < -0.4 is 15.4 Å². The molecule has 3 unspecified atom stereocenters. The number of benzene rings is 2. The van der Waals surface area contributed by atoms with Crippen LogP contribution in [-0.2, 0) is 9.59 Å². The van der Waals surface area contributed by atoms with E-state index in [9.17, 15) is 14.4 Å². The molecule has 34 heavy (non-hydrogen) atoms. The van der Waals surface area contributed by atoms with Crippen molar-refractivity contribution in [3.05, 3.63) is 59.7 Å². The number of nitrogens with zero attached hydrogens (tertiary/aromatic N) is 1. The largest absolute Gasteiger partial charge is 0.483 e. The van der Waals surface area contributed by atoms with Gasteiger partial charge in [0.05, 0.1) is 6.04 Å². The predicted octanol–water partition coefficient (Wildman–Crippen LogP) is 4.16. The summed E-state index contributed by atoms with van der Waals surface area (Å²) < 4.78 is 5.88. The standard InChI is InChI=1S/C27H33N3O4/c1-3-23(21-8-4-5-9-24(21)34-17-25(31)30-14-6-7-15-30)29-26(32)19-10-12-20(13-11-19)28-27(33)22-16-18(22)2/h4-5,8-13,18,22-23H,3,6-7,14-17H2,1-2H3,(H,28,33)(H,29,32). The highest BCUT2D eigenvalue weighted by atomic mass is 16.5. The molecule has 2 aromatic carbocycles. The van der Waals surface area contributed by atoms with E-state index < -0.39 is 0 Å². The van der Waals surface area contributed by atoms with Crippen LogP contribution >= 0.6 is 0 Å². The second kappa shape index (κ2) is 10.7. The van der Waals surface area contributed by atoms with E-state index in [2.05, 4.69) is 17.6 Å². The number of likely N-dealkylation sites (tertiary alicyclic amines) is 1. The van der Waals surface area contributed by atoms with Gasteiger partial charge in [-0.2, -0.15) is 0 Å². The third-order valence-electron chi connectivity index (χ3n) is 6.68. The minimum Gasteiger partial charge on any atom is -0.483 e. The lowest BCUT2D eigenvalue weighted by atomic mass is 10.0. The van der Waals surface area contributed by atoms with E-state index in [0.29, 0.717) is 29.3 Å². The molecule has 2 fully saturated rings. The van der Waals surface area contributed by atoms with E-state index in [0.717, 1.165) is 37.9 Å². The van der Waals surface area contributed by atoms with Crippen LogP contribution in [0.1, 0.15) is 61.5 Å². The number of amides is 3. The fourth-order valence-corrected chi connectivity index (χ4v) is 4.37. The zero-order valence-electron chi connectivity index (χ0n) is 19.9. The van der Waals surface area contributed by atoms with Crippen molar-refractivity contribution in [2.75, 3.05) is 25.0 Å². The molecule has 1 saturated heterocycles. The fraction of sp³-hybridized carbons (Fsp3) is 0.444. The summed E-state index contributed by atoms with van der Waals surface area (Å²) in [5, 5.41) is 5.99. The second-order valence-electron chi connectivity index (χ2n) is 9.23. The molecule has 7 heteroatoms. The van der Waals surface area contributed by atoms with Crippen molar-refractivity contribution in [2.24, 2.45) is 11.8 Å². The summed E-state index contributed by atoms with van der Waals surface area (Å²) in [4.78, 5) is 39.3. The van der Waals surface area contributed by atoms with Gasteiger partial charge < -0.3 is 20.3 Å². The topological polar surface area (TPSA) is 87.7 Å². The summed E-state index contributed by atoms with van der Waals surface area (Å²) in [6.07, 6.45) is 3.68. The van der Waals surface area contributed by atoms with Gasteiger partial charge in [-0.05, 0) is 61.9 Å². The first kappa shape index (κ1) is 23.8. The molecule has 0 spiro atoms. The van der Waals surface area contributed by atoms with Crippen molar-refractivity contribution < 1.29 is 19.1 Å². The molecular formula is C27H33N3O4. The number of hydrogen-bond acceptors (Lipinski definition) is 4. The second-order valence-corrected chi connectivity index (χ2v) is 9.23. The SMILES string of the molecule is CCC(NC(=O)c1ccc(NC(=O)C2CC2C)cc1)c1ccccc1OCC(=O)N1CCCC1. The normalized spacial score (nSPS) is 19.9. The summed E-state index contributed by atoms with van der Waals surface area (Å²) in [7, 11) is 0. The molecule has 3 amide bonds. The maximum absolute atomic E-state index is 12.9. The number of carbonyl (C=O) groups is 3. The van der Waals surface area contributed by atoms with Gasteiger partial charge in [0.15, 0.2) is 6.61 Å². The van der Waals surface area contributed by atoms with Crippen LogP contribution in [-0.4, -0.2) is 42.3 Å². The van der Waals surface area contributed by atoms with E-state index in [4.69, 9.17) is 4.74 Å². The van der Waals surface area contributed by atoms with Crippen molar-refractivity contribution >= 4 is 23.4 Å². The van der Waals surface area contributed by atoms with Crippen LogP contribution in [0.25, 0.3) is 0 Å². The monoisotopic (exact) mass is 463 g/mol. The maximum atomic E-state index is 12.9. The van der Waals surface area contributed by atoms with E-state index in [-0.39, 0.29) is 36.3 Å². The van der Waals surface area contributed by atoms with Crippen molar-refractivity contribution in [2.45, 2.75) is 45.6 Å². The first-order chi connectivity index (χ1) is 16.5. The van der Waals surface area contributed by atoms with Gasteiger partial charge in [0.1, 0.15) is 5.75 Å². The Morgan fingerprint density at radius 3 is 2.38 bits per heavy atom. The lowest BCUT2D eigenvalue weighted by molar-refractivity contribution is -0.132. The highest BCUT2D eigenvalue weighted by Gasteiger charge is 2.39. The predicted molar refractivity (Wildman–Crippen MR) is 131 cm³/mol. The minimum absolute atomic E-state index is 0.00574. The molecular weight excluding hydrogens is 430 g/mol. The molecule has 180 valence electrons. The molecule has 1 heterocycles. The van der Waals surface area contributed by atoms with E-state index >= 15 is 0 Å². The van der Waals surface area contributed by atoms with E-state index in [1.54, 1.807) is 24.3 Å². The van der Waals surface area contributed by atoms with Gasteiger partial charge in [0.25, 0.3) is 11.8 Å². The number of ether oxygens (including phenoxy) is 1. The number of para-hydroxylation sites is 1. The smallest absolute Gasteiger partial charge is 0.260 e. The molecule has 7 nitrogen and oxygen atoms in total. The van der Waals surface area contributed by atoms with Gasteiger partial charge in [0, 0.05) is 35.8 Å². The van der Waals surface area contributed by atoms with E-state index in [1.165, 1.54) is 0 Å². The van der Waals surface area contributed by atoms with E-state index in [1.807, 2.05) is 36.1 Å². The fourth-order valence-electron chi connectivity index (χ4n) is 4.37. The molecule has 2 aromatic rings. The number of rotatable bonds is 9. The third-order valence-corrected chi connectivity index (χ3v) is 6.68. The average Bonchev–Trinajstić information content (AvgIpc) is 3.34. The Bertz CT molecular complexity index is 1030. The van der Waals surface area contributed by atoms with Crippen LogP contribution in [0.2, 0.25) is 0 Å². The van der Waals surface area contributed by atoms with Crippen LogP contribution in [0.3, 0.4) is 0 Å². The van der Waals surface area contributed by atoms with Gasteiger partial charge >= 0.3 is 0 Å². The van der Waals surface area contributed by atoms with Crippen molar-refractivity contribution in [1.82, 2.24) is 10.2 Å². The molecule has 0 bridgehead atoms. The molecule has 1 aliphatic carbocycles. The Morgan fingerprint density at radius 1 is 1.06 bits per heavy atom. The number of hydrogen-bond donors (Lipinski definition) is 2. The highest BCUT2D eigenvalue weighted by molar-refractivity contribution is 5.97. The van der Waals surface area contributed by atoms with Crippen molar-refractivity contribution in [3.63, 3.8) is 0 Å². The first-order valence-electron chi connectivity index (χ1n) is 12.2. The molecule has 4 rings (SSSR count). The molecule has 1 saturated carbocycles. The Morgan fingerprint density at radius 2 is 1.74 bits per heavy atom. The Kier molecular flexibility index (Phi) is 7.50. The van der Waals surface area contributed by atoms with Crippen LogP contribution in [0, 0.1) is 11.8 Å². The number of anilines is 1. The molecule has 2 aliphatic rings. The minimum atomic E-state index is -0.263. The first-order valence-corrected chi connectivity index (χ1v) is 12.2. The zero-order chi connectivity index (χ0) is 24.1. The quantitative estimate of drug-likeness (QED) is 0.584. The number of nitrogens with one attached hydrogen (secondary N) is 2. The summed E-state index contributed by atoms with van der Waals surface area (Å²) in [5.74, 6) is 0.976. The Hall–Kier alpha value is -3.35. The Labute approximate surface area is 200 Å². The Balaban J connectivity index is 1.37. The maximum Gasteiger partial charge on any atom is 0.260 e. The van der Waals surface area contributed by atoms with Crippen LogP contribution in [0.5, 0.6) is 5.75 Å². The molecule has 0 aromatic heterocycles. The molecule has 3 atom stereocenters. The summed E-state index contributed by atoms with van der Waals surface area (Å²) in [5.41, 5.74) is 2.04. The van der Waals surface area contributed by atoms with Gasteiger partial charge in [-0.1, -0.05) is 32.0 Å². The lowest BCUT2D eigenvalue weighted by Gasteiger charge is -2.22. The molecule has 1 aliphatic heterocycles. The highest BCUT2D eigenvalue weighted by Crippen LogP contribution is 2.38. The van der Waals surface area contributed by atoms with Crippen molar-refractivity contribution in [3.8, 4) is 5.75 Å². The third kappa shape index (κ3) is 5.76. The van der Waals surface area contributed by atoms with Gasteiger partial charge in [-0.3, -0.25) is 14.4 Å². The lowest BCUT2D eigenvalue weighted by Crippen LogP contribution is -2.32. The zero-order valence-corrected chi connectivity index (χ0v) is 19.9. The van der Waals surface area contributed by atoms with Gasteiger partial charge in [-0.25, -0.2) is 0 Å². The van der Waals surface area contributed by atoms with Gasteiger partial charge in [-0.15, -0.1) is 0 Å². The summed E-state index contributed by atoms with van der Waals surface area (Å²) in [6, 6.07) is 14.2. The average molecular weight is 464 g/mol. The van der Waals surface area contributed by atoms with Gasteiger partial charge in [0.2, 0.25) is 5.91 Å². The number of carbonyl (C=O) groups excluding carboxylic acids is 3. The molecule has 0 radical (unpaired) electrons. The van der Waals surface area contributed by atoms with Crippen molar-refractivity contribution in [1.29, 1.82) is 0 Å². The molecule has 2 N–H and O–H groups in total. The van der Waals surface area contributed by atoms with Crippen LogP contribution in [0.4, 0.5) is 5.69 Å².